The summed E-state index contributed by atoms with van der Waals surface area (Å²) in [5.74, 6) is 0.0324. The van der Waals surface area contributed by atoms with Gasteiger partial charge in [0.05, 0.1) is 4.90 Å². The van der Waals surface area contributed by atoms with Crippen molar-refractivity contribution in [3.05, 3.63) is 59.7 Å². The Kier molecular flexibility index (Phi) is 8.72. The number of sulfonamides is 1. The van der Waals surface area contributed by atoms with Crippen molar-refractivity contribution >= 4 is 55.8 Å². The SMILES string of the molecule is Cc1ccc(NC(=O)CCSc2nnc(NC(=O)c3ccc(S(=O)(=O)N4CCCCC4)cc3)s2)cc1. The number of anilines is 2. The zero-order valence-electron chi connectivity index (χ0n) is 19.8. The largest absolute Gasteiger partial charge is 0.326 e. The van der Waals surface area contributed by atoms with Crippen LogP contribution in [0, 0.1) is 6.92 Å². The lowest BCUT2D eigenvalue weighted by Gasteiger charge is -2.25. The molecule has 3 aromatic rings. The van der Waals surface area contributed by atoms with Gasteiger partial charge in [0.1, 0.15) is 0 Å². The number of aryl methyl sites for hydroxylation is 1. The number of carbonyl (C=O) groups excluding carboxylic acids is 2. The van der Waals surface area contributed by atoms with Gasteiger partial charge in [0.15, 0.2) is 4.34 Å². The highest BCUT2D eigenvalue weighted by Gasteiger charge is 2.26. The Morgan fingerprint density at radius 1 is 0.972 bits per heavy atom. The van der Waals surface area contributed by atoms with Crippen LogP contribution in [0.15, 0.2) is 57.8 Å². The molecular formula is C24H27N5O4S3. The van der Waals surface area contributed by atoms with Crippen LogP contribution in [-0.2, 0) is 14.8 Å². The molecule has 0 radical (unpaired) electrons. The number of hydrogen-bond donors (Lipinski definition) is 2. The maximum Gasteiger partial charge on any atom is 0.257 e. The number of thioether (sulfide) groups is 1. The molecule has 9 nitrogen and oxygen atoms in total. The summed E-state index contributed by atoms with van der Waals surface area (Å²) in [6.45, 7) is 3.04. The number of rotatable bonds is 9. The third-order valence-corrected chi connectivity index (χ3v) is 9.47. The Labute approximate surface area is 218 Å². The summed E-state index contributed by atoms with van der Waals surface area (Å²) in [4.78, 5) is 24.9. The van der Waals surface area contributed by atoms with Crippen LogP contribution in [0.3, 0.4) is 0 Å². The Morgan fingerprint density at radius 3 is 2.36 bits per heavy atom. The van der Waals surface area contributed by atoms with E-state index in [2.05, 4.69) is 20.8 Å². The summed E-state index contributed by atoms with van der Waals surface area (Å²) < 4.78 is 27.7. The molecule has 0 bridgehead atoms. The van der Waals surface area contributed by atoms with E-state index in [4.69, 9.17) is 0 Å². The average molecular weight is 546 g/mol. The number of nitrogens with zero attached hydrogens (tertiary/aromatic N) is 3. The minimum absolute atomic E-state index is 0.0878. The number of hydrogen-bond acceptors (Lipinski definition) is 8. The molecule has 36 heavy (non-hydrogen) atoms. The number of benzene rings is 2. The highest BCUT2D eigenvalue weighted by atomic mass is 32.2. The molecule has 190 valence electrons. The number of nitrogens with one attached hydrogen (secondary N) is 2. The van der Waals surface area contributed by atoms with Crippen molar-refractivity contribution in [1.29, 1.82) is 0 Å². The second-order valence-corrected chi connectivity index (χ2v) is 12.6. The molecule has 1 aliphatic rings. The van der Waals surface area contributed by atoms with Crippen LogP contribution in [0.5, 0.6) is 0 Å². The normalized spacial score (nSPS) is 14.4. The van der Waals surface area contributed by atoms with E-state index in [9.17, 15) is 18.0 Å². The molecule has 0 saturated carbocycles. The maximum absolute atomic E-state index is 12.8. The fourth-order valence-corrected chi connectivity index (χ4v) is 6.88. The van der Waals surface area contributed by atoms with Crippen LogP contribution >= 0.6 is 23.1 Å². The molecule has 1 aromatic heterocycles. The summed E-state index contributed by atoms with van der Waals surface area (Å²) >= 11 is 2.60. The molecular weight excluding hydrogens is 518 g/mol. The van der Waals surface area contributed by atoms with Gasteiger partial charge in [-0.15, -0.1) is 10.2 Å². The molecule has 0 unspecified atom stereocenters. The summed E-state index contributed by atoms with van der Waals surface area (Å²) in [5.41, 5.74) is 2.21. The van der Waals surface area contributed by atoms with E-state index in [1.807, 2.05) is 31.2 Å². The van der Waals surface area contributed by atoms with Gasteiger partial charge >= 0.3 is 0 Å². The third kappa shape index (κ3) is 6.90. The van der Waals surface area contributed by atoms with Crippen molar-refractivity contribution in [2.24, 2.45) is 0 Å². The van der Waals surface area contributed by atoms with Crippen LogP contribution in [0.2, 0.25) is 0 Å². The predicted octanol–water partition coefficient (Wildman–Crippen LogP) is 4.39. The number of amides is 2. The number of carbonyl (C=O) groups is 2. The van der Waals surface area contributed by atoms with Crippen LogP contribution in [0.4, 0.5) is 10.8 Å². The van der Waals surface area contributed by atoms with Gasteiger partial charge in [-0.3, -0.25) is 14.9 Å². The van der Waals surface area contributed by atoms with Gasteiger partial charge in [-0.2, -0.15) is 4.31 Å². The minimum Gasteiger partial charge on any atom is -0.326 e. The Hall–Kier alpha value is -2.80. The lowest BCUT2D eigenvalue weighted by Crippen LogP contribution is -2.35. The van der Waals surface area contributed by atoms with Crippen LogP contribution in [-0.4, -0.2) is 53.6 Å². The molecule has 0 atom stereocenters. The molecule has 1 fully saturated rings. The summed E-state index contributed by atoms with van der Waals surface area (Å²) in [6.07, 6.45) is 3.08. The number of piperidine rings is 1. The lowest BCUT2D eigenvalue weighted by atomic mass is 10.2. The third-order valence-electron chi connectivity index (χ3n) is 5.59. The molecule has 4 rings (SSSR count). The molecule has 1 saturated heterocycles. The van der Waals surface area contributed by atoms with E-state index < -0.39 is 15.9 Å². The van der Waals surface area contributed by atoms with Crippen molar-refractivity contribution in [3.8, 4) is 0 Å². The van der Waals surface area contributed by atoms with E-state index in [0.29, 0.717) is 40.3 Å². The van der Waals surface area contributed by atoms with Crippen LogP contribution in [0.1, 0.15) is 41.6 Å². The lowest BCUT2D eigenvalue weighted by molar-refractivity contribution is -0.115. The Morgan fingerprint density at radius 2 is 1.67 bits per heavy atom. The van der Waals surface area contributed by atoms with Crippen molar-refractivity contribution < 1.29 is 18.0 Å². The average Bonchev–Trinajstić information content (AvgIpc) is 3.33. The highest BCUT2D eigenvalue weighted by Crippen LogP contribution is 2.27. The minimum atomic E-state index is -3.54. The maximum atomic E-state index is 12.8. The van der Waals surface area contributed by atoms with Crippen molar-refractivity contribution in [1.82, 2.24) is 14.5 Å². The zero-order chi connectivity index (χ0) is 25.5. The van der Waals surface area contributed by atoms with Gasteiger partial charge in [-0.05, 0) is 56.2 Å². The molecule has 2 heterocycles. The van der Waals surface area contributed by atoms with E-state index >= 15 is 0 Å². The van der Waals surface area contributed by atoms with E-state index in [1.54, 1.807) is 0 Å². The summed E-state index contributed by atoms with van der Waals surface area (Å²) in [7, 11) is -3.54. The predicted molar refractivity (Wildman–Crippen MR) is 142 cm³/mol. The van der Waals surface area contributed by atoms with Crippen LogP contribution in [0.25, 0.3) is 0 Å². The summed E-state index contributed by atoms with van der Waals surface area (Å²) in [5, 5.41) is 13.9. The second kappa shape index (κ2) is 12.0. The topological polar surface area (TPSA) is 121 Å². The van der Waals surface area contributed by atoms with Crippen molar-refractivity contribution in [2.75, 3.05) is 29.5 Å². The van der Waals surface area contributed by atoms with E-state index in [1.165, 1.54) is 51.7 Å². The van der Waals surface area contributed by atoms with Crippen LogP contribution < -0.4 is 10.6 Å². The molecule has 2 amide bonds. The van der Waals surface area contributed by atoms with Gasteiger partial charge in [-0.25, -0.2) is 8.42 Å². The first-order valence-electron chi connectivity index (χ1n) is 11.6. The first-order chi connectivity index (χ1) is 17.3. The van der Waals surface area contributed by atoms with Gasteiger partial charge in [0.2, 0.25) is 21.1 Å². The molecule has 12 heteroatoms. The highest BCUT2D eigenvalue weighted by molar-refractivity contribution is 8.01. The second-order valence-electron chi connectivity index (χ2n) is 8.33. The fraction of sp³-hybridized carbons (Fsp3) is 0.333. The van der Waals surface area contributed by atoms with E-state index in [-0.39, 0.29) is 10.8 Å². The van der Waals surface area contributed by atoms with Crippen molar-refractivity contribution in [3.63, 3.8) is 0 Å². The molecule has 0 aliphatic carbocycles. The quantitative estimate of drug-likeness (QED) is 0.302. The van der Waals surface area contributed by atoms with Crippen molar-refractivity contribution in [2.45, 2.75) is 41.8 Å². The van der Waals surface area contributed by atoms with Gasteiger partial charge in [0.25, 0.3) is 5.91 Å². The first kappa shape index (κ1) is 26.3. The summed E-state index contributed by atoms with van der Waals surface area (Å²) in [6, 6.07) is 13.5. The Balaban J connectivity index is 1.25. The smallest absolute Gasteiger partial charge is 0.257 e. The first-order valence-corrected chi connectivity index (χ1v) is 14.8. The molecule has 2 aromatic carbocycles. The fourth-order valence-electron chi connectivity index (χ4n) is 3.61. The monoisotopic (exact) mass is 545 g/mol. The van der Waals surface area contributed by atoms with Gasteiger partial charge in [0, 0.05) is 36.5 Å². The number of aromatic nitrogens is 2. The molecule has 2 N–H and O–H groups in total. The standard InChI is InChI=1S/C24H27N5O4S3/c1-17-5-9-19(10-6-17)25-21(30)13-16-34-24-28-27-23(35-24)26-22(31)18-7-11-20(12-8-18)36(32,33)29-14-3-2-4-15-29/h5-12H,2-4,13-16H2,1H3,(H,25,30)(H,26,27,31). The zero-order valence-corrected chi connectivity index (χ0v) is 22.2. The van der Waals surface area contributed by atoms with Gasteiger partial charge < -0.3 is 5.32 Å². The van der Waals surface area contributed by atoms with E-state index in [0.717, 1.165) is 30.5 Å². The molecule has 1 aliphatic heterocycles. The molecule has 0 spiro atoms. The Bertz CT molecular complexity index is 1300. The van der Waals surface area contributed by atoms with Gasteiger partial charge in [-0.1, -0.05) is 47.2 Å².